The Balaban J connectivity index is 1.80. The summed E-state index contributed by atoms with van der Waals surface area (Å²) in [4.78, 5) is 14.4. The van der Waals surface area contributed by atoms with Crippen LogP contribution < -0.4 is 10.6 Å². The lowest BCUT2D eigenvalue weighted by atomic mass is 9.87. The highest BCUT2D eigenvalue weighted by Crippen LogP contribution is 2.22. The van der Waals surface area contributed by atoms with Crippen LogP contribution in [0.5, 0.6) is 0 Å². The van der Waals surface area contributed by atoms with Crippen LogP contribution >= 0.6 is 0 Å². The van der Waals surface area contributed by atoms with E-state index in [1.807, 2.05) is 25.1 Å². The molecular weight excluding hydrogens is 302 g/mol. The van der Waals surface area contributed by atoms with Crippen LogP contribution in [-0.4, -0.2) is 61.8 Å². The third-order valence-electron chi connectivity index (χ3n) is 4.67. The van der Waals surface area contributed by atoms with Crippen molar-refractivity contribution in [1.29, 1.82) is 0 Å². The molecule has 1 fully saturated rings. The van der Waals surface area contributed by atoms with Gasteiger partial charge in [-0.05, 0) is 57.8 Å². The third-order valence-corrected chi connectivity index (χ3v) is 4.67. The Labute approximate surface area is 145 Å². The van der Waals surface area contributed by atoms with E-state index in [1.54, 1.807) is 0 Å². The first-order valence-corrected chi connectivity index (χ1v) is 8.91. The number of nitrogens with one attached hydrogen (secondary N) is 2. The summed E-state index contributed by atoms with van der Waals surface area (Å²) < 4.78 is 0. The number of hydrogen-bond acceptors (Lipinski definition) is 4. The van der Waals surface area contributed by atoms with Crippen LogP contribution in [0, 0.1) is 5.92 Å². The monoisotopic (exact) mass is 333 g/mol. The van der Waals surface area contributed by atoms with Crippen LogP contribution in [0.4, 0.5) is 0 Å². The van der Waals surface area contributed by atoms with Gasteiger partial charge in [0.15, 0.2) is 0 Å². The lowest BCUT2D eigenvalue weighted by molar-refractivity contribution is -0.125. The lowest BCUT2D eigenvalue weighted by Crippen LogP contribution is -2.53. The summed E-state index contributed by atoms with van der Waals surface area (Å²) in [6, 6.07) is 10.2. The van der Waals surface area contributed by atoms with Crippen LogP contribution in [-0.2, 0) is 11.2 Å². The van der Waals surface area contributed by atoms with Crippen LogP contribution in [0.25, 0.3) is 0 Å². The second-order valence-electron chi connectivity index (χ2n) is 7.07. The maximum absolute atomic E-state index is 12.5. The quantitative estimate of drug-likeness (QED) is 0.665. The number of aliphatic hydroxyl groups is 1. The van der Waals surface area contributed by atoms with E-state index in [0.29, 0.717) is 12.5 Å². The predicted molar refractivity (Wildman–Crippen MR) is 96.8 cm³/mol. The Kier molecular flexibility index (Phi) is 7.69. The first-order valence-electron chi connectivity index (χ1n) is 8.91. The number of aliphatic hydroxyl groups excluding tert-OH is 1. The number of nitrogens with zero attached hydrogens (tertiary/aromatic N) is 1. The Morgan fingerprint density at radius 1 is 1.38 bits per heavy atom. The Morgan fingerprint density at radius 3 is 2.79 bits per heavy atom. The molecule has 0 bridgehead atoms. The van der Waals surface area contributed by atoms with Crippen molar-refractivity contribution in [2.45, 2.75) is 37.8 Å². The zero-order valence-corrected chi connectivity index (χ0v) is 14.9. The van der Waals surface area contributed by atoms with Gasteiger partial charge in [-0.25, -0.2) is 0 Å². The SMILES string of the molecule is CN(C)C[C@H](CO)NC(=O)C1CC(CCc2ccccc2)CCN1. The van der Waals surface area contributed by atoms with Crippen LogP contribution in [0.1, 0.15) is 24.8 Å². The molecule has 24 heavy (non-hydrogen) atoms. The second kappa shape index (κ2) is 9.77. The average Bonchev–Trinajstić information content (AvgIpc) is 2.60. The number of rotatable bonds is 8. The molecule has 1 saturated heterocycles. The Morgan fingerprint density at radius 2 is 2.12 bits per heavy atom. The number of carbonyl (C=O) groups excluding carboxylic acids is 1. The molecule has 0 spiro atoms. The zero-order chi connectivity index (χ0) is 17.4. The maximum Gasteiger partial charge on any atom is 0.237 e. The van der Waals surface area contributed by atoms with Crippen molar-refractivity contribution in [1.82, 2.24) is 15.5 Å². The summed E-state index contributed by atoms with van der Waals surface area (Å²) in [5, 5.41) is 15.7. The number of benzene rings is 1. The molecule has 1 heterocycles. The maximum atomic E-state index is 12.5. The van der Waals surface area contributed by atoms with E-state index in [2.05, 4.69) is 34.9 Å². The fourth-order valence-corrected chi connectivity index (χ4v) is 3.37. The topological polar surface area (TPSA) is 64.6 Å². The second-order valence-corrected chi connectivity index (χ2v) is 7.07. The summed E-state index contributed by atoms with van der Waals surface area (Å²) in [5.41, 5.74) is 1.36. The van der Waals surface area contributed by atoms with E-state index in [1.165, 1.54) is 5.56 Å². The van der Waals surface area contributed by atoms with Crippen LogP contribution in [0.15, 0.2) is 30.3 Å². The Bertz CT molecular complexity index is 493. The van der Waals surface area contributed by atoms with Gasteiger partial charge in [0.2, 0.25) is 5.91 Å². The molecule has 1 aliphatic rings. The van der Waals surface area contributed by atoms with Crippen molar-refractivity contribution in [3.63, 3.8) is 0 Å². The predicted octanol–water partition coefficient (Wildman–Crippen LogP) is 1.03. The molecule has 1 amide bonds. The molecule has 1 aromatic carbocycles. The van der Waals surface area contributed by atoms with Gasteiger partial charge in [-0.15, -0.1) is 0 Å². The van der Waals surface area contributed by atoms with E-state index >= 15 is 0 Å². The molecular formula is C19H31N3O2. The van der Waals surface area contributed by atoms with Gasteiger partial charge in [0, 0.05) is 6.54 Å². The van der Waals surface area contributed by atoms with Crippen molar-refractivity contribution >= 4 is 5.91 Å². The van der Waals surface area contributed by atoms with Gasteiger partial charge in [0.05, 0.1) is 18.7 Å². The minimum Gasteiger partial charge on any atom is -0.394 e. The van der Waals surface area contributed by atoms with Gasteiger partial charge < -0.3 is 20.6 Å². The highest BCUT2D eigenvalue weighted by molar-refractivity contribution is 5.82. The van der Waals surface area contributed by atoms with Gasteiger partial charge in [-0.2, -0.15) is 0 Å². The fourth-order valence-electron chi connectivity index (χ4n) is 3.37. The molecule has 3 atom stereocenters. The molecule has 0 radical (unpaired) electrons. The summed E-state index contributed by atoms with van der Waals surface area (Å²) in [7, 11) is 3.88. The zero-order valence-electron chi connectivity index (χ0n) is 14.9. The smallest absolute Gasteiger partial charge is 0.237 e. The van der Waals surface area contributed by atoms with Gasteiger partial charge in [-0.1, -0.05) is 30.3 Å². The highest BCUT2D eigenvalue weighted by atomic mass is 16.3. The molecule has 2 unspecified atom stereocenters. The lowest BCUT2D eigenvalue weighted by Gasteiger charge is -2.31. The molecule has 0 saturated carbocycles. The van der Waals surface area contributed by atoms with Gasteiger partial charge in [0.25, 0.3) is 0 Å². The molecule has 2 rings (SSSR count). The first kappa shape index (κ1) is 18.9. The van der Waals surface area contributed by atoms with Crippen LogP contribution in [0.2, 0.25) is 0 Å². The molecule has 5 nitrogen and oxygen atoms in total. The van der Waals surface area contributed by atoms with Crippen LogP contribution in [0.3, 0.4) is 0 Å². The van der Waals surface area contributed by atoms with E-state index in [9.17, 15) is 9.90 Å². The third kappa shape index (κ3) is 6.23. The Hall–Kier alpha value is -1.43. The standard InChI is InChI=1S/C19H31N3O2/c1-22(2)13-17(14-23)21-19(24)18-12-16(10-11-20-18)9-8-15-6-4-3-5-7-15/h3-7,16-18,20,23H,8-14H2,1-2H3,(H,21,24)/t16?,17-,18?/m1/s1. The largest absolute Gasteiger partial charge is 0.394 e. The summed E-state index contributed by atoms with van der Waals surface area (Å²) in [6.07, 6.45) is 4.19. The minimum absolute atomic E-state index is 0.0142. The fraction of sp³-hybridized carbons (Fsp3) is 0.632. The molecule has 1 aromatic rings. The number of likely N-dealkylation sites (N-methyl/N-ethyl adjacent to an activating group) is 1. The first-order chi connectivity index (χ1) is 11.6. The normalized spacial score (nSPS) is 22.3. The van der Waals surface area contributed by atoms with Crippen molar-refractivity contribution in [2.75, 3.05) is 33.8 Å². The van der Waals surface area contributed by atoms with Crippen molar-refractivity contribution in [2.24, 2.45) is 5.92 Å². The number of amides is 1. The van der Waals surface area contributed by atoms with Gasteiger partial charge in [0.1, 0.15) is 0 Å². The van der Waals surface area contributed by atoms with E-state index in [4.69, 9.17) is 0 Å². The van der Waals surface area contributed by atoms with E-state index in [0.717, 1.165) is 32.2 Å². The molecule has 0 aromatic heterocycles. The number of hydrogen-bond donors (Lipinski definition) is 3. The molecule has 5 heteroatoms. The van der Waals surface area contributed by atoms with Crippen molar-refractivity contribution in [3.8, 4) is 0 Å². The number of piperidine rings is 1. The van der Waals surface area contributed by atoms with Crippen molar-refractivity contribution in [3.05, 3.63) is 35.9 Å². The molecule has 134 valence electrons. The van der Waals surface area contributed by atoms with E-state index in [-0.39, 0.29) is 24.6 Å². The molecule has 0 aliphatic carbocycles. The molecule has 1 aliphatic heterocycles. The van der Waals surface area contributed by atoms with E-state index < -0.39 is 0 Å². The number of carbonyl (C=O) groups is 1. The highest BCUT2D eigenvalue weighted by Gasteiger charge is 2.27. The summed E-state index contributed by atoms with van der Waals surface area (Å²) in [6.45, 7) is 1.50. The number of aryl methyl sites for hydroxylation is 1. The summed E-state index contributed by atoms with van der Waals surface area (Å²) in [5.74, 6) is 0.587. The van der Waals surface area contributed by atoms with Crippen molar-refractivity contribution < 1.29 is 9.90 Å². The minimum atomic E-state index is -0.209. The molecule has 3 N–H and O–H groups in total. The average molecular weight is 333 g/mol. The summed E-state index contributed by atoms with van der Waals surface area (Å²) >= 11 is 0. The van der Waals surface area contributed by atoms with Gasteiger partial charge in [-0.3, -0.25) is 4.79 Å². The van der Waals surface area contributed by atoms with Gasteiger partial charge >= 0.3 is 0 Å².